The summed E-state index contributed by atoms with van der Waals surface area (Å²) in [5, 5.41) is 5.00. The van der Waals surface area contributed by atoms with Crippen molar-refractivity contribution < 1.29 is 14.3 Å². The van der Waals surface area contributed by atoms with Crippen LogP contribution in [0.1, 0.15) is 16.7 Å². The van der Waals surface area contributed by atoms with Crippen LogP contribution in [0.2, 0.25) is 10.0 Å². The average Bonchev–Trinajstić information content (AvgIpc) is 2.74. The fourth-order valence-electron chi connectivity index (χ4n) is 2.74. The number of hydrogen-bond acceptors (Lipinski definition) is 4. The summed E-state index contributed by atoms with van der Waals surface area (Å²) in [5.41, 5.74) is 4.96. The van der Waals surface area contributed by atoms with Crippen molar-refractivity contribution in [3.63, 3.8) is 0 Å². The van der Waals surface area contributed by atoms with Crippen LogP contribution in [0.15, 0.2) is 70.2 Å². The van der Waals surface area contributed by atoms with Gasteiger partial charge in [0.25, 0.3) is 0 Å². The molecule has 0 radical (unpaired) electrons. The van der Waals surface area contributed by atoms with Gasteiger partial charge < -0.3 is 9.47 Å². The van der Waals surface area contributed by atoms with Gasteiger partial charge in [-0.2, -0.15) is 5.10 Å². The molecule has 0 atom stereocenters. The SMILES string of the molecule is COc1cc(/C=N\NC(=O)Cc2ccc(Br)cc2)cc(Cl)c1OCc1cccc(Cl)c1. The van der Waals surface area contributed by atoms with Crippen molar-refractivity contribution in [3.8, 4) is 11.5 Å². The summed E-state index contributed by atoms with van der Waals surface area (Å²) in [6, 6.07) is 18.3. The van der Waals surface area contributed by atoms with Crippen LogP contribution in [0.4, 0.5) is 0 Å². The van der Waals surface area contributed by atoms with Gasteiger partial charge in [-0.3, -0.25) is 4.79 Å². The van der Waals surface area contributed by atoms with Crippen molar-refractivity contribution in [1.29, 1.82) is 0 Å². The lowest BCUT2D eigenvalue weighted by molar-refractivity contribution is -0.120. The highest BCUT2D eigenvalue weighted by molar-refractivity contribution is 9.10. The first-order chi connectivity index (χ1) is 14.9. The van der Waals surface area contributed by atoms with E-state index in [0.717, 1.165) is 15.6 Å². The Morgan fingerprint density at radius 3 is 2.58 bits per heavy atom. The van der Waals surface area contributed by atoms with Crippen LogP contribution in [0.3, 0.4) is 0 Å². The molecule has 0 spiro atoms. The number of benzene rings is 3. The molecule has 1 amide bonds. The van der Waals surface area contributed by atoms with Gasteiger partial charge in [0.15, 0.2) is 11.5 Å². The maximum absolute atomic E-state index is 12.1. The fourth-order valence-corrected chi connectivity index (χ4v) is 3.49. The Morgan fingerprint density at radius 2 is 1.87 bits per heavy atom. The highest BCUT2D eigenvalue weighted by Crippen LogP contribution is 2.36. The number of carbonyl (C=O) groups excluding carboxylic acids is 1. The third kappa shape index (κ3) is 6.99. The Hall–Kier alpha value is -2.54. The lowest BCUT2D eigenvalue weighted by Gasteiger charge is -2.13. The van der Waals surface area contributed by atoms with Crippen LogP contribution in [0.5, 0.6) is 11.5 Å². The minimum absolute atomic E-state index is 0.224. The van der Waals surface area contributed by atoms with Gasteiger partial charge >= 0.3 is 0 Å². The Labute approximate surface area is 199 Å². The highest BCUT2D eigenvalue weighted by Gasteiger charge is 2.12. The molecule has 5 nitrogen and oxygen atoms in total. The molecule has 0 fully saturated rings. The summed E-state index contributed by atoms with van der Waals surface area (Å²) in [6.07, 6.45) is 1.72. The van der Waals surface area contributed by atoms with E-state index in [1.54, 1.807) is 18.2 Å². The Balaban J connectivity index is 1.63. The van der Waals surface area contributed by atoms with Gasteiger partial charge in [-0.15, -0.1) is 0 Å². The molecule has 0 unspecified atom stereocenters. The van der Waals surface area contributed by atoms with E-state index >= 15 is 0 Å². The molecular weight excluding hydrogens is 503 g/mol. The smallest absolute Gasteiger partial charge is 0.244 e. The summed E-state index contributed by atoms with van der Waals surface area (Å²) >= 11 is 15.8. The maximum atomic E-state index is 12.1. The molecular formula is C23H19BrCl2N2O3. The zero-order chi connectivity index (χ0) is 22.2. The van der Waals surface area contributed by atoms with Gasteiger partial charge in [0.05, 0.1) is 24.8 Å². The number of hydrazone groups is 1. The number of rotatable bonds is 8. The molecule has 8 heteroatoms. The van der Waals surface area contributed by atoms with Gasteiger partial charge in [0, 0.05) is 9.50 Å². The second-order valence-corrected chi connectivity index (χ2v) is 8.31. The van der Waals surface area contributed by atoms with Crippen molar-refractivity contribution in [2.24, 2.45) is 5.10 Å². The van der Waals surface area contributed by atoms with Crippen molar-refractivity contribution in [2.75, 3.05) is 7.11 Å². The minimum atomic E-state index is -0.224. The van der Waals surface area contributed by atoms with E-state index < -0.39 is 0 Å². The molecule has 0 bridgehead atoms. The zero-order valence-corrected chi connectivity index (χ0v) is 19.7. The first kappa shape index (κ1) is 23.1. The maximum Gasteiger partial charge on any atom is 0.244 e. The third-order valence-corrected chi connectivity index (χ3v) is 5.25. The Morgan fingerprint density at radius 1 is 1.10 bits per heavy atom. The molecule has 0 aromatic heterocycles. The molecule has 0 saturated carbocycles. The quantitative estimate of drug-likeness (QED) is 0.290. The molecule has 0 saturated heterocycles. The highest BCUT2D eigenvalue weighted by atomic mass is 79.9. The van der Waals surface area contributed by atoms with E-state index in [9.17, 15) is 4.79 Å². The van der Waals surface area contributed by atoms with E-state index in [0.29, 0.717) is 27.1 Å². The van der Waals surface area contributed by atoms with Crippen molar-refractivity contribution in [2.45, 2.75) is 13.0 Å². The first-order valence-corrected chi connectivity index (χ1v) is 10.8. The number of hydrogen-bond donors (Lipinski definition) is 1. The summed E-state index contributed by atoms with van der Waals surface area (Å²) in [6.45, 7) is 0.288. The normalized spacial score (nSPS) is 10.8. The van der Waals surface area contributed by atoms with E-state index in [-0.39, 0.29) is 18.9 Å². The van der Waals surface area contributed by atoms with Gasteiger partial charge in [-0.05, 0) is 53.1 Å². The van der Waals surface area contributed by atoms with E-state index in [1.165, 1.54) is 13.3 Å². The van der Waals surface area contributed by atoms with Crippen LogP contribution < -0.4 is 14.9 Å². The van der Waals surface area contributed by atoms with E-state index in [1.807, 2.05) is 42.5 Å². The second kappa shape index (κ2) is 11.2. The Bertz CT molecular complexity index is 1090. The molecule has 3 aromatic rings. The summed E-state index contributed by atoms with van der Waals surface area (Å²) in [5.74, 6) is 0.649. The predicted octanol–water partition coefficient (Wildman–Crippen LogP) is 6.04. The predicted molar refractivity (Wildman–Crippen MR) is 127 cm³/mol. The third-order valence-electron chi connectivity index (χ3n) is 4.20. The minimum Gasteiger partial charge on any atom is -0.493 e. The molecule has 31 heavy (non-hydrogen) atoms. The summed E-state index contributed by atoms with van der Waals surface area (Å²) in [4.78, 5) is 12.1. The topological polar surface area (TPSA) is 59.9 Å². The van der Waals surface area contributed by atoms with Crippen LogP contribution in [0, 0.1) is 0 Å². The van der Waals surface area contributed by atoms with Gasteiger partial charge in [-0.25, -0.2) is 5.43 Å². The van der Waals surface area contributed by atoms with Gasteiger partial charge in [0.1, 0.15) is 6.61 Å². The van der Waals surface area contributed by atoms with Crippen molar-refractivity contribution in [1.82, 2.24) is 5.43 Å². The number of halogens is 3. The number of nitrogens with one attached hydrogen (secondary N) is 1. The lowest BCUT2D eigenvalue weighted by Crippen LogP contribution is -2.19. The van der Waals surface area contributed by atoms with Gasteiger partial charge in [0.2, 0.25) is 5.91 Å². The number of nitrogens with zero attached hydrogens (tertiary/aromatic N) is 1. The summed E-state index contributed by atoms with van der Waals surface area (Å²) < 4.78 is 12.2. The van der Waals surface area contributed by atoms with E-state index in [2.05, 4.69) is 26.5 Å². The van der Waals surface area contributed by atoms with Crippen LogP contribution in [-0.2, 0) is 17.8 Å². The number of amides is 1. The fraction of sp³-hybridized carbons (Fsp3) is 0.130. The second-order valence-electron chi connectivity index (χ2n) is 6.55. The molecule has 3 aromatic carbocycles. The first-order valence-electron chi connectivity index (χ1n) is 9.25. The molecule has 0 heterocycles. The molecule has 1 N–H and O–H groups in total. The number of methoxy groups -OCH3 is 1. The van der Waals surface area contributed by atoms with Crippen LogP contribution >= 0.6 is 39.1 Å². The van der Waals surface area contributed by atoms with Crippen molar-refractivity contribution >= 4 is 51.3 Å². The molecule has 0 aliphatic rings. The summed E-state index contributed by atoms with van der Waals surface area (Å²) in [7, 11) is 1.53. The van der Waals surface area contributed by atoms with Crippen molar-refractivity contribution in [3.05, 3.63) is 91.9 Å². The standard InChI is InChI=1S/C23H19BrCl2N2O3/c1-30-21-11-17(13-27-28-22(29)12-15-5-7-18(24)8-6-15)10-20(26)23(21)31-14-16-3-2-4-19(25)9-16/h2-11,13H,12,14H2,1H3,(H,28,29)/b27-13-. The monoisotopic (exact) mass is 520 g/mol. The molecule has 0 aliphatic heterocycles. The number of carbonyl (C=O) groups is 1. The Kier molecular flexibility index (Phi) is 8.35. The molecule has 0 aliphatic carbocycles. The molecule has 3 rings (SSSR count). The van der Waals surface area contributed by atoms with Crippen LogP contribution in [-0.4, -0.2) is 19.2 Å². The van der Waals surface area contributed by atoms with Crippen LogP contribution in [0.25, 0.3) is 0 Å². The zero-order valence-electron chi connectivity index (χ0n) is 16.6. The largest absolute Gasteiger partial charge is 0.493 e. The lowest BCUT2D eigenvalue weighted by atomic mass is 10.1. The van der Waals surface area contributed by atoms with Gasteiger partial charge in [-0.1, -0.05) is 63.4 Å². The number of ether oxygens (including phenoxy) is 2. The van der Waals surface area contributed by atoms with E-state index in [4.69, 9.17) is 32.7 Å². The average molecular weight is 522 g/mol. The molecule has 160 valence electrons.